The van der Waals surface area contributed by atoms with Gasteiger partial charge < -0.3 is 10.2 Å². The lowest BCUT2D eigenvalue weighted by Crippen LogP contribution is -2.29. The summed E-state index contributed by atoms with van der Waals surface area (Å²) in [7, 11) is 0. The Kier molecular flexibility index (Phi) is 7.17. The first-order chi connectivity index (χ1) is 15.1. The number of nitrogens with zero attached hydrogens (tertiary/aromatic N) is 4. The highest BCUT2D eigenvalue weighted by atomic mass is 35.5. The van der Waals surface area contributed by atoms with Crippen molar-refractivity contribution in [1.82, 2.24) is 15.0 Å². The van der Waals surface area contributed by atoms with Gasteiger partial charge in [0.2, 0.25) is 0 Å². The molecule has 176 valence electrons. The number of aromatic nitrogens is 3. The van der Waals surface area contributed by atoms with Gasteiger partial charge in [-0.05, 0) is 41.7 Å². The van der Waals surface area contributed by atoms with E-state index in [9.17, 15) is 13.2 Å². The fourth-order valence-electron chi connectivity index (χ4n) is 3.91. The molecule has 2 aromatic heterocycles. The van der Waals surface area contributed by atoms with Crippen LogP contribution in [0.5, 0.6) is 0 Å². The van der Waals surface area contributed by atoms with Gasteiger partial charge in [0.25, 0.3) is 0 Å². The van der Waals surface area contributed by atoms with E-state index >= 15 is 0 Å². The zero-order valence-electron chi connectivity index (χ0n) is 18.8. The van der Waals surface area contributed by atoms with Gasteiger partial charge in [0, 0.05) is 37.0 Å². The predicted molar refractivity (Wildman–Crippen MR) is 127 cm³/mol. The molecule has 0 radical (unpaired) electrons. The van der Waals surface area contributed by atoms with Gasteiger partial charge in [0.15, 0.2) is 0 Å². The van der Waals surface area contributed by atoms with Gasteiger partial charge in [-0.2, -0.15) is 13.2 Å². The SMILES string of the molecule is CC(C)(C)c1ccc(Nc2ncnc3c2CCN(c2ncccc2C(F)(F)F)CC3)cc1.Cl. The van der Waals surface area contributed by atoms with E-state index in [1.54, 1.807) is 4.90 Å². The van der Waals surface area contributed by atoms with Crippen molar-refractivity contribution in [3.8, 4) is 0 Å². The second-order valence-corrected chi connectivity index (χ2v) is 8.96. The number of hydrogen-bond acceptors (Lipinski definition) is 5. The van der Waals surface area contributed by atoms with E-state index in [4.69, 9.17) is 0 Å². The number of pyridine rings is 1. The van der Waals surface area contributed by atoms with Crippen LogP contribution in [0.1, 0.15) is 43.2 Å². The molecule has 0 bridgehead atoms. The first-order valence-electron chi connectivity index (χ1n) is 10.6. The van der Waals surface area contributed by atoms with Crippen LogP contribution >= 0.6 is 12.4 Å². The van der Waals surface area contributed by atoms with Crippen molar-refractivity contribution >= 4 is 29.7 Å². The van der Waals surface area contributed by atoms with Crippen LogP contribution in [0.15, 0.2) is 48.9 Å². The van der Waals surface area contributed by atoms with Crippen molar-refractivity contribution in [2.75, 3.05) is 23.3 Å². The zero-order chi connectivity index (χ0) is 22.9. The summed E-state index contributed by atoms with van der Waals surface area (Å²) < 4.78 is 40.4. The molecule has 4 rings (SSSR count). The summed E-state index contributed by atoms with van der Waals surface area (Å²) in [5.74, 6) is 0.658. The summed E-state index contributed by atoms with van der Waals surface area (Å²) in [6.07, 6.45) is -0.511. The molecule has 3 aromatic rings. The van der Waals surface area contributed by atoms with Crippen LogP contribution in [-0.2, 0) is 24.4 Å². The standard InChI is InChI=1S/C24H26F3N5.ClH/c1-23(2,3)16-6-8-17(9-7-16)31-21-18-10-13-32(14-11-20(18)29-15-30-21)22-19(24(25,26)27)5-4-12-28-22;/h4-9,12,15H,10-11,13-14H2,1-3H3,(H,29,30,31);1H. The third kappa shape index (κ3) is 5.55. The molecule has 0 saturated carbocycles. The highest BCUT2D eigenvalue weighted by Gasteiger charge is 2.36. The smallest absolute Gasteiger partial charge is 0.355 e. The minimum atomic E-state index is -4.45. The van der Waals surface area contributed by atoms with Crippen LogP contribution < -0.4 is 10.2 Å². The third-order valence-corrected chi connectivity index (χ3v) is 5.69. The van der Waals surface area contributed by atoms with Crippen LogP contribution in [0.4, 0.5) is 30.5 Å². The van der Waals surface area contributed by atoms with Crippen molar-refractivity contribution in [1.29, 1.82) is 0 Å². The molecule has 0 spiro atoms. The van der Waals surface area contributed by atoms with Gasteiger partial charge in [-0.3, -0.25) is 0 Å². The molecular formula is C24H27ClF3N5. The molecular weight excluding hydrogens is 451 g/mol. The Hall–Kier alpha value is -2.87. The van der Waals surface area contributed by atoms with Crippen molar-refractivity contribution in [3.05, 3.63) is 71.3 Å². The Morgan fingerprint density at radius 3 is 2.27 bits per heavy atom. The highest BCUT2D eigenvalue weighted by Crippen LogP contribution is 2.36. The van der Waals surface area contributed by atoms with E-state index in [2.05, 4.69) is 53.2 Å². The van der Waals surface area contributed by atoms with Crippen LogP contribution in [0.25, 0.3) is 0 Å². The van der Waals surface area contributed by atoms with E-state index in [1.807, 2.05) is 12.1 Å². The maximum Gasteiger partial charge on any atom is 0.419 e. The van der Waals surface area contributed by atoms with Crippen LogP contribution in [0.2, 0.25) is 0 Å². The minimum absolute atomic E-state index is 0. The van der Waals surface area contributed by atoms with E-state index in [0.29, 0.717) is 31.7 Å². The van der Waals surface area contributed by atoms with Crippen LogP contribution in [0.3, 0.4) is 0 Å². The lowest BCUT2D eigenvalue weighted by molar-refractivity contribution is -0.137. The third-order valence-electron chi connectivity index (χ3n) is 5.69. The number of fused-ring (bicyclic) bond motifs is 1. The summed E-state index contributed by atoms with van der Waals surface area (Å²) in [5, 5.41) is 3.36. The van der Waals surface area contributed by atoms with Gasteiger partial charge in [-0.15, -0.1) is 12.4 Å². The number of benzene rings is 1. The maximum atomic E-state index is 13.5. The van der Waals surface area contributed by atoms with Crippen molar-refractivity contribution in [2.45, 2.75) is 45.2 Å². The van der Waals surface area contributed by atoms with E-state index in [0.717, 1.165) is 23.0 Å². The van der Waals surface area contributed by atoms with Crippen LogP contribution in [0, 0.1) is 0 Å². The molecule has 1 aliphatic rings. The van der Waals surface area contributed by atoms with E-state index < -0.39 is 11.7 Å². The normalized spacial score (nSPS) is 14.2. The Labute approximate surface area is 197 Å². The Balaban J connectivity index is 0.00000306. The Morgan fingerprint density at radius 2 is 1.61 bits per heavy atom. The Morgan fingerprint density at radius 1 is 0.909 bits per heavy atom. The molecule has 0 saturated heterocycles. The average molecular weight is 478 g/mol. The number of nitrogens with one attached hydrogen (secondary N) is 1. The number of hydrogen-bond donors (Lipinski definition) is 1. The zero-order valence-corrected chi connectivity index (χ0v) is 19.6. The lowest BCUT2D eigenvalue weighted by Gasteiger charge is -2.24. The monoisotopic (exact) mass is 477 g/mol. The topological polar surface area (TPSA) is 53.9 Å². The van der Waals surface area contributed by atoms with Gasteiger partial charge in [-0.25, -0.2) is 15.0 Å². The van der Waals surface area contributed by atoms with Gasteiger partial charge in [0.1, 0.15) is 18.0 Å². The van der Waals surface area contributed by atoms with E-state index in [1.165, 1.54) is 24.2 Å². The molecule has 3 heterocycles. The predicted octanol–water partition coefficient (Wildman–Crippen LogP) is 5.96. The maximum absolute atomic E-state index is 13.5. The summed E-state index contributed by atoms with van der Waals surface area (Å²) >= 11 is 0. The first kappa shape index (κ1) is 24.8. The largest absolute Gasteiger partial charge is 0.419 e. The van der Waals surface area contributed by atoms with Gasteiger partial charge in [-0.1, -0.05) is 32.9 Å². The number of alkyl halides is 3. The average Bonchev–Trinajstić information content (AvgIpc) is 2.96. The van der Waals surface area contributed by atoms with Crippen molar-refractivity contribution in [2.24, 2.45) is 0 Å². The molecule has 1 N–H and O–H groups in total. The number of anilines is 3. The molecule has 5 nitrogen and oxygen atoms in total. The molecule has 1 aliphatic heterocycles. The van der Waals surface area contributed by atoms with Crippen molar-refractivity contribution < 1.29 is 13.2 Å². The van der Waals surface area contributed by atoms with Gasteiger partial charge >= 0.3 is 6.18 Å². The first-order valence-corrected chi connectivity index (χ1v) is 10.6. The number of rotatable bonds is 3. The minimum Gasteiger partial charge on any atom is -0.355 e. The second-order valence-electron chi connectivity index (χ2n) is 8.96. The summed E-state index contributed by atoms with van der Waals surface area (Å²) in [6.45, 7) is 7.30. The summed E-state index contributed by atoms with van der Waals surface area (Å²) in [4.78, 5) is 14.6. The quantitative estimate of drug-likeness (QED) is 0.504. The van der Waals surface area contributed by atoms with E-state index in [-0.39, 0.29) is 23.6 Å². The highest BCUT2D eigenvalue weighted by molar-refractivity contribution is 5.85. The Bertz CT molecular complexity index is 1090. The lowest BCUT2D eigenvalue weighted by atomic mass is 9.87. The van der Waals surface area contributed by atoms with Crippen LogP contribution in [-0.4, -0.2) is 28.0 Å². The van der Waals surface area contributed by atoms with Crippen molar-refractivity contribution in [3.63, 3.8) is 0 Å². The summed E-state index contributed by atoms with van der Waals surface area (Å²) in [5.41, 5.74) is 3.27. The fraction of sp³-hybridized carbons (Fsp3) is 0.375. The molecule has 0 fully saturated rings. The fourth-order valence-corrected chi connectivity index (χ4v) is 3.91. The van der Waals surface area contributed by atoms with Gasteiger partial charge in [0.05, 0.1) is 11.3 Å². The molecule has 0 atom stereocenters. The molecule has 0 amide bonds. The molecule has 0 unspecified atom stereocenters. The summed E-state index contributed by atoms with van der Waals surface area (Å²) in [6, 6.07) is 10.6. The second kappa shape index (κ2) is 9.55. The molecule has 33 heavy (non-hydrogen) atoms. The molecule has 9 heteroatoms. The number of halogens is 4. The molecule has 0 aliphatic carbocycles. The molecule has 1 aromatic carbocycles.